The van der Waals surface area contributed by atoms with Crippen molar-refractivity contribution in [3.05, 3.63) is 21.2 Å². The van der Waals surface area contributed by atoms with Crippen molar-refractivity contribution in [2.24, 2.45) is 0 Å². The Kier molecular flexibility index (Phi) is 3.43. The normalized spacial score (nSPS) is 12.4. The van der Waals surface area contributed by atoms with E-state index in [-0.39, 0.29) is 12.4 Å². The Labute approximate surface area is 92.3 Å². The molecule has 7 nitrogen and oxygen atoms in total. The fourth-order valence-corrected chi connectivity index (χ4v) is 1.21. The maximum absolute atomic E-state index is 11.2. The van der Waals surface area contributed by atoms with Gasteiger partial charge in [-0.2, -0.15) is 4.98 Å². The number of nitrogen functional groups attached to an aromatic ring is 1. The summed E-state index contributed by atoms with van der Waals surface area (Å²) in [7, 11) is 0. The Morgan fingerprint density at radius 3 is 2.87 bits per heavy atom. The van der Waals surface area contributed by atoms with Crippen LogP contribution in [0.1, 0.15) is 0 Å². The zero-order valence-corrected chi connectivity index (χ0v) is 9.01. The monoisotopic (exact) mass is 277 g/mol. The predicted octanol–water partition coefficient (Wildman–Crippen LogP) is -0.966. The molecule has 4 N–H and O–H groups in total. The van der Waals surface area contributed by atoms with E-state index in [1.165, 1.54) is 6.20 Å². The Bertz CT molecular complexity index is 444. The fraction of sp³-hybridized carbons (Fsp3) is 0.286. The summed E-state index contributed by atoms with van der Waals surface area (Å²) in [5.74, 6) is -1.39. The first-order valence-electron chi connectivity index (χ1n) is 3.85. The predicted molar refractivity (Wildman–Crippen MR) is 54.3 cm³/mol. The SMILES string of the molecule is Nc1nc(=O)n(C[C@H](O)C(=O)O)cc1Br. The lowest BCUT2D eigenvalue weighted by atomic mass is 10.3. The molecule has 0 aromatic carbocycles. The number of carboxylic acid groups (broad SMARTS) is 1. The quantitative estimate of drug-likeness (QED) is 0.654. The first kappa shape index (κ1) is 11.7. The van der Waals surface area contributed by atoms with Crippen LogP contribution in [0, 0.1) is 0 Å². The molecule has 0 fully saturated rings. The van der Waals surface area contributed by atoms with Crippen LogP contribution in [0.15, 0.2) is 15.5 Å². The first-order chi connectivity index (χ1) is 6.91. The van der Waals surface area contributed by atoms with E-state index in [1.54, 1.807) is 0 Å². The van der Waals surface area contributed by atoms with Crippen molar-refractivity contribution in [1.29, 1.82) is 0 Å². The minimum Gasteiger partial charge on any atom is -0.479 e. The maximum atomic E-state index is 11.2. The van der Waals surface area contributed by atoms with Gasteiger partial charge in [-0.15, -0.1) is 0 Å². The average molecular weight is 278 g/mol. The van der Waals surface area contributed by atoms with Gasteiger partial charge in [-0.25, -0.2) is 9.59 Å². The van der Waals surface area contributed by atoms with Gasteiger partial charge in [-0.1, -0.05) is 0 Å². The van der Waals surface area contributed by atoms with E-state index in [9.17, 15) is 9.59 Å². The lowest BCUT2D eigenvalue weighted by molar-refractivity contribution is -0.147. The van der Waals surface area contributed by atoms with Crippen LogP contribution < -0.4 is 11.4 Å². The Balaban J connectivity index is 3.01. The van der Waals surface area contributed by atoms with Crippen LogP contribution in [0.5, 0.6) is 0 Å². The number of anilines is 1. The molecule has 0 aliphatic heterocycles. The van der Waals surface area contributed by atoms with Gasteiger partial charge < -0.3 is 15.9 Å². The highest BCUT2D eigenvalue weighted by atomic mass is 79.9. The summed E-state index contributed by atoms with van der Waals surface area (Å²) in [5, 5.41) is 17.5. The number of nitrogens with zero attached hydrogens (tertiary/aromatic N) is 2. The molecule has 1 heterocycles. The molecule has 1 aromatic rings. The Hall–Kier alpha value is -1.41. The van der Waals surface area contributed by atoms with Crippen LogP contribution in [-0.4, -0.2) is 31.8 Å². The molecule has 0 radical (unpaired) electrons. The fourth-order valence-electron chi connectivity index (χ4n) is 0.874. The summed E-state index contributed by atoms with van der Waals surface area (Å²) in [6, 6.07) is 0. The van der Waals surface area contributed by atoms with Crippen LogP contribution in [-0.2, 0) is 11.3 Å². The van der Waals surface area contributed by atoms with Gasteiger partial charge in [0.1, 0.15) is 5.82 Å². The number of aromatic nitrogens is 2. The Morgan fingerprint density at radius 1 is 1.73 bits per heavy atom. The van der Waals surface area contributed by atoms with Crippen molar-refractivity contribution in [3.8, 4) is 0 Å². The second-order valence-corrected chi connectivity index (χ2v) is 3.62. The molecular weight excluding hydrogens is 270 g/mol. The lowest BCUT2D eigenvalue weighted by Gasteiger charge is -2.08. The number of carboxylic acids is 1. The molecule has 1 aromatic heterocycles. The number of hydrogen-bond donors (Lipinski definition) is 3. The molecule has 0 aliphatic carbocycles. The van der Waals surface area contributed by atoms with Crippen molar-refractivity contribution in [3.63, 3.8) is 0 Å². The van der Waals surface area contributed by atoms with E-state index >= 15 is 0 Å². The van der Waals surface area contributed by atoms with Gasteiger partial charge in [-0.3, -0.25) is 4.57 Å². The molecular formula is C7H8BrN3O4. The second kappa shape index (κ2) is 4.41. The minimum absolute atomic E-state index is 0.0149. The van der Waals surface area contributed by atoms with Crippen LogP contribution in [0.25, 0.3) is 0 Å². The van der Waals surface area contributed by atoms with Crippen molar-refractivity contribution in [2.75, 3.05) is 5.73 Å². The third-order valence-electron chi connectivity index (χ3n) is 1.63. The highest BCUT2D eigenvalue weighted by Gasteiger charge is 2.15. The van der Waals surface area contributed by atoms with Crippen molar-refractivity contribution in [1.82, 2.24) is 9.55 Å². The third kappa shape index (κ3) is 2.77. The molecule has 0 spiro atoms. The van der Waals surface area contributed by atoms with Crippen molar-refractivity contribution in [2.45, 2.75) is 12.6 Å². The number of nitrogens with two attached hydrogens (primary N) is 1. The standard InChI is InChI=1S/C7H8BrN3O4/c8-3-1-11(2-4(12)6(13)14)7(15)10-5(3)9/h1,4,12H,2H2,(H,13,14)(H2,9,10,15)/t4-/m0/s1. The van der Waals surface area contributed by atoms with Gasteiger partial charge in [0.05, 0.1) is 11.0 Å². The number of hydrogen-bond acceptors (Lipinski definition) is 5. The molecule has 1 rings (SSSR count). The molecule has 0 saturated carbocycles. The largest absolute Gasteiger partial charge is 0.479 e. The van der Waals surface area contributed by atoms with Crippen LogP contribution >= 0.6 is 15.9 Å². The summed E-state index contributed by atoms with van der Waals surface area (Å²) in [5.41, 5.74) is 4.62. The minimum atomic E-state index is -1.65. The molecule has 15 heavy (non-hydrogen) atoms. The molecule has 0 bridgehead atoms. The molecule has 0 aliphatic rings. The van der Waals surface area contributed by atoms with Gasteiger partial charge >= 0.3 is 11.7 Å². The highest BCUT2D eigenvalue weighted by Crippen LogP contribution is 2.12. The first-order valence-corrected chi connectivity index (χ1v) is 4.64. The molecule has 0 unspecified atom stereocenters. The number of aliphatic hydroxyl groups is 1. The van der Waals surface area contributed by atoms with Crippen LogP contribution in [0.2, 0.25) is 0 Å². The van der Waals surface area contributed by atoms with Crippen LogP contribution in [0.3, 0.4) is 0 Å². The van der Waals surface area contributed by atoms with E-state index in [4.69, 9.17) is 15.9 Å². The number of carbonyl (C=O) groups is 1. The zero-order valence-electron chi connectivity index (χ0n) is 7.42. The molecule has 82 valence electrons. The van der Waals surface area contributed by atoms with Gasteiger partial charge in [0, 0.05) is 6.20 Å². The van der Waals surface area contributed by atoms with E-state index in [0.717, 1.165) is 4.57 Å². The van der Waals surface area contributed by atoms with Gasteiger partial charge in [0.15, 0.2) is 6.10 Å². The van der Waals surface area contributed by atoms with E-state index in [1.807, 2.05) is 0 Å². The molecule has 0 amide bonds. The van der Waals surface area contributed by atoms with Crippen molar-refractivity contribution >= 4 is 27.7 Å². The van der Waals surface area contributed by atoms with E-state index in [2.05, 4.69) is 20.9 Å². The summed E-state index contributed by atoms with van der Waals surface area (Å²) in [6.07, 6.45) is -0.378. The van der Waals surface area contributed by atoms with Crippen LogP contribution in [0.4, 0.5) is 5.82 Å². The van der Waals surface area contributed by atoms with Gasteiger partial charge in [-0.05, 0) is 15.9 Å². The Morgan fingerprint density at radius 2 is 2.33 bits per heavy atom. The number of halogens is 1. The van der Waals surface area contributed by atoms with Gasteiger partial charge in [0.25, 0.3) is 0 Å². The molecule has 8 heteroatoms. The summed E-state index contributed by atoms with van der Waals surface area (Å²) in [6.45, 7) is -0.375. The molecule has 1 atom stereocenters. The summed E-state index contributed by atoms with van der Waals surface area (Å²) >= 11 is 3.03. The zero-order chi connectivity index (χ0) is 11.6. The van der Waals surface area contributed by atoms with E-state index < -0.39 is 17.8 Å². The highest BCUT2D eigenvalue weighted by molar-refractivity contribution is 9.10. The maximum Gasteiger partial charge on any atom is 0.349 e. The second-order valence-electron chi connectivity index (χ2n) is 2.76. The van der Waals surface area contributed by atoms with Gasteiger partial charge in [0.2, 0.25) is 0 Å². The smallest absolute Gasteiger partial charge is 0.349 e. The van der Waals surface area contributed by atoms with Crippen molar-refractivity contribution < 1.29 is 15.0 Å². The number of aliphatic carboxylic acids is 1. The summed E-state index contributed by atoms with van der Waals surface area (Å²) < 4.78 is 1.32. The number of aliphatic hydroxyl groups excluding tert-OH is 1. The third-order valence-corrected chi connectivity index (χ3v) is 2.24. The topological polar surface area (TPSA) is 118 Å². The molecule has 0 saturated heterocycles. The van der Waals surface area contributed by atoms with E-state index in [0.29, 0.717) is 4.47 Å². The summed E-state index contributed by atoms with van der Waals surface area (Å²) in [4.78, 5) is 25.0. The lowest BCUT2D eigenvalue weighted by Crippen LogP contribution is -2.32. The number of rotatable bonds is 3. The average Bonchev–Trinajstić information content (AvgIpc) is 2.13.